The average Bonchev–Trinajstić information content (AvgIpc) is 3.11. The molecule has 1 aromatic rings. The van der Waals surface area contributed by atoms with Gasteiger partial charge < -0.3 is 9.80 Å². The monoisotopic (exact) mass is 446 g/mol. The summed E-state index contributed by atoms with van der Waals surface area (Å²) >= 11 is 3.36. The van der Waals surface area contributed by atoms with Gasteiger partial charge in [-0.05, 0) is 31.0 Å². The van der Waals surface area contributed by atoms with Gasteiger partial charge in [-0.3, -0.25) is 13.8 Å². The first-order valence-electron chi connectivity index (χ1n) is 8.32. The maximum atomic E-state index is 12.2. The fraction of sp³-hybridized carbons (Fsp3) is 0.529. The van der Waals surface area contributed by atoms with Crippen molar-refractivity contribution in [1.82, 2.24) is 4.90 Å². The second kappa shape index (κ2) is 8.96. The minimum atomic E-state index is -3.50. The molecule has 2 aliphatic heterocycles. The second-order valence-electron chi connectivity index (χ2n) is 6.36. The molecule has 144 valence electrons. The van der Waals surface area contributed by atoms with Crippen molar-refractivity contribution < 1.29 is 22.2 Å². The maximum Gasteiger partial charge on any atom is 0.264 e. The van der Waals surface area contributed by atoms with Crippen molar-refractivity contribution in [3.8, 4) is 0 Å². The molecule has 0 bridgehead atoms. The Hall–Kier alpha value is -1.45. The molecule has 1 unspecified atom stereocenters. The molecule has 2 amide bonds. The van der Waals surface area contributed by atoms with E-state index in [-0.39, 0.29) is 12.5 Å². The number of rotatable bonds is 4. The summed E-state index contributed by atoms with van der Waals surface area (Å²) < 4.78 is 27.5. The van der Waals surface area contributed by atoms with Gasteiger partial charge in [0.2, 0.25) is 11.8 Å². The molecule has 1 aromatic carbocycles. The Morgan fingerprint density at radius 2 is 2.00 bits per heavy atom. The van der Waals surface area contributed by atoms with Gasteiger partial charge in [0.1, 0.15) is 0 Å². The molecule has 2 saturated heterocycles. The topological polar surface area (TPSA) is 84.0 Å². The van der Waals surface area contributed by atoms with Crippen LogP contribution in [0.2, 0.25) is 0 Å². The van der Waals surface area contributed by atoms with Crippen molar-refractivity contribution in [1.29, 1.82) is 0 Å². The number of benzene rings is 1. The number of carbonyl (C=O) groups is 2. The van der Waals surface area contributed by atoms with E-state index in [1.807, 2.05) is 31.3 Å². The zero-order chi connectivity index (χ0) is 19.3. The summed E-state index contributed by atoms with van der Waals surface area (Å²) in [6.07, 6.45) is 3.39. The van der Waals surface area contributed by atoms with Crippen LogP contribution in [0.15, 0.2) is 28.7 Å². The van der Waals surface area contributed by atoms with Crippen molar-refractivity contribution in [3.63, 3.8) is 0 Å². The predicted molar refractivity (Wildman–Crippen MR) is 102 cm³/mol. The number of nitrogens with zero attached hydrogens (tertiary/aromatic N) is 2. The average molecular weight is 447 g/mol. The third-order valence-electron chi connectivity index (χ3n) is 4.23. The molecule has 2 fully saturated rings. The lowest BCUT2D eigenvalue weighted by atomic mass is 10.1. The Labute approximate surface area is 162 Å². The Balaban J connectivity index is 0.000000290. The molecule has 2 aliphatic rings. The molecule has 1 atom stereocenters. The largest absolute Gasteiger partial charge is 0.346 e. The number of hydrogen-bond acceptors (Lipinski definition) is 5. The number of hydrogen-bond donors (Lipinski definition) is 0. The molecule has 3 rings (SSSR count). The number of amides is 2. The van der Waals surface area contributed by atoms with Crippen LogP contribution in [-0.2, 0) is 23.9 Å². The van der Waals surface area contributed by atoms with Gasteiger partial charge in [0.25, 0.3) is 10.1 Å². The predicted octanol–water partition coefficient (Wildman–Crippen LogP) is 2.02. The summed E-state index contributed by atoms with van der Waals surface area (Å²) in [5.74, 6) is -0.199. The van der Waals surface area contributed by atoms with Crippen molar-refractivity contribution in [2.24, 2.45) is 5.92 Å². The molecular formula is C17H23BrN2O5S. The van der Waals surface area contributed by atoms with Crippen LogP contribution in [0.3, 0.4) is 0 Å². The van der Waals surface area contributed by atoms with Crippen LogP contribution < -0.4 is 4.90 Å². The standard InChI is InChI=1S/C12H14BrNO4S.C5H9NO/c1-19(16,17)18-8-9-5-6-14(12(9)15)11-4-2-3-10(13)7-11;1-6-4-2-3-5(6)7/h2-4,7,9H,5-6,8H2,1H3;2-4H2,1H3. The van der Waals surface area contributed by atoms with E-state index < -0.39 is 16.0 Å². The molecule has 0 spiro atoms. The zero-order valence-electron chi connectivity index (χ0n) is 14.9. The summed E-state index contributed by atoms with van der Waals surface area (Å²) in [6.45, 7) is 1.45. The normalized spacial score (nSPS) is 20.3. The lowest BCUT2D eigenvalue weighted by molar-refractivity contribution is -0.126. The molecule has 2 heterocycles. The molecule has 0 saturated carbocycles. The van der Waals surface area contributed by atoms with E-state index in [2.05, 4.69) is 15.9 Å². The molecular weight excluding hydrogens is 424 g/mol. The molecule has 9 heteroatoms. The Morgan fingerprint density at radius 1 is 1.27 bits per heavy atom. The smallest absolute Gasteiger partial charge is 0.264 e. The van der Waals surface area contributed by atoms with Crippen LogP contribution in [0.4, 0.5) is 5.69 Å². The Bertz CT molecular complexity index is 768. The van der Waals surface area contributed by atoms with Gasteiger partial charge in [-0.25, -0.2) is 0 Å². The molecule has 7 nitrogen and oxygen atoms in total. The molecule has 26 heavy (non-hydrogen) atoms. The maximum absolute atomic E-state index is 12.2. The van der Waals surface area contributed by atoms with Crippen molar-refractivity contribution in [2.75, 3.05) is 37.9 Å². The Morgan fingerprint density at radius 3 is 2.50 bits per heavy atom. The van der Waals surface area contributed by atoms with E-state index in [4.69, 9.17) is 4.18 Å². The van der Waals surface area contributed by atoms with Crippen molar-refractivity contribution >= 4 is 43.5 Å². The summed E-state index contributed by atoms with van der Waals surface area (Å²) in [5.41, 5.74) is 0.807. The van der Waals surface area contributed by atoms with Crippen LogP contribution in [-0.4, -0.2) is 58.1 Å². The van der Waals surface area contributed by atoms with Crippen LogP contribution in [0, 0.1) is 5.92 Å². The fourth-order valence-electron chi connectivity index (χ4n) is 2.78. The molecule has 0 aromatic heterocycles. The minimum Gasteiger partial charge on any atom is -0.346 e. The Kier molecular flexibility index (Phi) is 7.19. The number of likely N-dealkylation sites (tertiary alicyclic amines) is 1. The van der Waals surface area contributed by atoms with Gasteiger partial charge in [0, 0.05) is 36.7 Å². The van der Waals surface area contributed by atoms with Gasteiger partial charge >= 0.3 is 0 Å². The summed E-state index contributed by atoms with van der Waals surface area (Å²) in [6, 6.07) is 7.45. The summed E-state index contributed by atoms with van der Waals surface area (Å²) in [7, 11) is -1.66. The lowest BCUT2D eigenvalue weighted by Crippen LogP contribution is -2.29. The van der Waals surface area contributed by atoms with Gasteiger partial charge in [0.05, 0.1) is 18.8 Å². The van der Waals surface area contributed by atoms with E-state index in [0.717, 1.165) is 35.8 Å². The molecule has 0 radical (unpaired) electrons. The van der Waals surface area contributed by atoms with Crippen LogP contribution in [0.1, 0.15) is 19.3 Å². The van der Waals surface area contributed by atoms with Crippen molar-refractivity contribution in [2.45, 2.75) is 19.3 Å². The molecule has 0 aliphatic carbocycles. The number of carbonyl (C=O) groups excluding carboxylic acids is 2. The first-order valence-corrected chi connectivity index (χ1v) is 10.9. The highest BCUT2D eigenvalue weighted by Gasteiger charge is 2.33. The van der Waals surface area contributed by atoms with Gasteiger partial charge in [-0.2, -0.15) is 8.42 Å². The van der Waals surface area contributed by atoms with Crippen LogP contribution >= 0.6 is 15.9 Å². The van der Waals surface area contributed by atoms with E-state index in [9.17, 15) is 18.0 Å². The van der Waals surface area contributed by atoms with Gasteiger partial charge in [-0.1, -0.05) is 22.0 Å². The van der Waals surface area contributed by atoms with E-state index in [1.54, 1.807) is 9.80 Å². The summed E-state index contributed by atoms with van der Waals surface area (Å²) in [4.78, 5) is 26.1. The van der Waals surface area contributed by atoms with E-state index in [1.165, 1.54) is 0 Å². The second-order valence-corrected chi connectivity index (χ2v) is 8.92. The molecule has 0 N–H and O–H groups in total. The third-order valence-corrected chi connectivity index (χ3v) is 5.29. The lowest BCUT2D eigenvalue weighted by Gasteiger charge is -2.17. The fourth-order valence-corrected chi connectivity index (χ4v) is 3.58. The van der Waals surface area contributed by atoms with E-state index >= 15 is 0 Å². The first kappa shape index (κ1) is 20.9. The highest BCUT2D eigenvalue weighted by Crippen LogP contribution is 2.27. The van der Waals surface area contributed by atoms with Gasteiger partial charge in [-0.15, -0.1) is 0 Å². The highest BCUT2D eigenvalue weighted by atomic mass is 79.9. The number of anilines is 1. The first-order chi connectivity index (χ1) is 12.2. The van der Waals surface area contributed by atoms with Crippen LogP contribution in [0.5, 0.6) is 0 Å². The van der Waals surface area contributed by atoms with Gasteiger partial charge in [0.15, 0.2) is 0 Å². The highest BCUT2D eigenvalue weighted by molar-refractivity contribution is 9.10. The minimum absolute atomic E-state index is 0.0812. The quantitative estimate of drug-likeness (QED) is 0.660. The zero-order valence-corrected chi connectivity index (χ0v) is 17.3. The van der Waals surface area contributed by atoms with E-state index in [0.29, 0.717) is 18.9 Å². The SMILES string of the molecule is CN1CCCC1=O.CS(=O)(=O)OCC1CCN(c2cccc(Br)c2)C1=O. The third kappa shape index (κ3) is 6.07. The van der Waals surface area contributed by atoms with Crippen molar-refractivity contribution in [3.05, 3.63) is 28.7 Å². The summed E-state index contributed by atoms with van der Waals surface area (Å²) in [5, 5.41) is 0. The number of halogens is 1. The van der Waals surface area contributed by atoms with Crippen LogP contribution in [0.25, 0.3) is 0 Å².